The SMILES string of the molecule is CC1(C)OB(c2ccnn2[C@H]2C[C@H]2F)OC1(C)C. The molecule has 98 valence electrons. The van der Waals surface area contributed by atoms with E-state index in [1.54, 1.807) is 10.9 Å². The number of aromatic nitrogens is 2. The number of hydrogen-bond donors (Lipinski definition) is 0. The van der Waals surface area contributed by atoms with Gasteiger partial charge in [-0.25, -0.2) is 4.39 Å². The molecule has 4 nitrogen and oxygen atoms in total. The van der Waals surface area contributed by atoms with Crippen LogP contribution in [0.25, 0.3) is 0 Å². The first kappa shape index (κ1) is 12.2. The lowest BCUT2D eigenvalue weighted by atomic mass is 9.84. The van der Waals surface area contributed by atoms with Crippen molar-refractivity contribution in [2.24, 2.45) is 0 Å². The van der Waals surface area contributed by atoms with E-state index >= 15 is 0 Å². The highest BCUT2D eigenvalue weighted by Gasteiger charge is 2.54. The molecule has 1 saturated heterocycles. The zero-order valence-electron chi connectivity index (χ0n) is 11.2. The summed E-state index contributed by atoms with van der Waals surface area (Å²) in [4.78, 5) is 0. The summed E-state index contributed by atoms with van der Waals surface area (Å²) in [6.45, 7) is 8.01. The molecule has 0 radical (unpaired) electrons. The van der Waals surface area contributed by atoms with Crippen LogP contribution in [0.4, 0.5) is 4.39 Å². The van der Waals surface area contributed by atoms with E-state index in [1.165, 1.54) is 0 Å². The third kappa shape index (κ3) is 1.70. The summed E-state index contributed by atoms with van der Waals surface area (Å²) in [6.07, 6.45) is 1.42. The van der Waals surface area contributed by atoms with E-state index in [4.69, 9.17) is 9.31 Å². The fourth-order valence-electron chi connectivity index (χ4n) is 2.16. The van der Waals surface area contributed by atoms with Crippen molar-refractivity contribution < 1.29 is 13.7 Å². The van der Waals surface area contributed by atoms with Gasteiger partial charge in [0.25, 0.3) is 0 Å². The molecule has 2 heterocycles. The van der Waals surface area contributed by atoms with E-state index in [1.807, 2.05) is 33.8 Å². The Morgan fingerprint density at radius 1 is 1.33 bits per heavy atom. The van der Waals surface area contributed by atoms with Gasteiger partial charge >= 0.3 is 7.12 Å². The molecule has 18 heavy (non-hydrogen) atoms. The van der Waals surface area contributed by atoms with Gasteiger partial charge in [0.05, 0.1) is 22.8 Å². The molecule has 1 saturated carbocycles. The lowest BCUT2D eigenvalue weighted by Crippen LogP contribution is -2.41. The molecule has 2 fully saturated rings. The maximum atomic E-state index is 13.2. The number of halogens is 1. The second-order valence-electron chi connectivity index (χ2n) is 6.11. The van der Waals surface area contributed by atoms with E-state index < -0.39 is 13.3 Å². The van der Waals surface area contributed by atoms with Crippen molar-refractivity contribution in [2.75, 3.05) is 0 Å². The van der Waals surface area contributed by atoms with E-state index in [0.717, 1.165) is 5.59 Å². The van der Waals surface area contributed by atoms with Crippen LogP contribution in [0.2, 0.25) is 0 Å². The molecular formula is C12H18BFN2O2. The van der Waals surface area contributed by atoms with Crippen LogP contribution in [0, 0.1) is 0 Å². The van der Waals surface area contributed by atoms with Gasteiger partial charge in [0.1, 0.15) is 6.17 Å². The lowest BCUT2D eigenvalue weighted by Gasteiger charge is -2.32. The lowest BCUT2D eigenvalue weighted by molar-refractivity contribution is 0.00578. The Hall–Kier alpha value is -0.875. The summed E-state index contributed by atoms with van der Waals surface area (Å²) >= 11 is 0. The van der Waals surface area contributed by atoms with Crippen molar-refractivity contribution >= 4 is 12.7 Å². The second kappa shape index (κ2) is 3.57. The minimum Gasteiger partial charge on any atom is -0.398 e. The Morgan fingerprint density at radius 3 is 2.39 bits per heavy atom. The van der Waals surface area contributed by atoms with Gasteiger partial charge in [-0.05, 0) is 33.8 Å². The average Bonchev–Trinajstić information content (AvgIpc) is 2.73. The Bertz CT molecular complexity index is 458. The van der Waals surface area contributed by atoms with Crippen molar-refractivity contribution in [2.45, 2.75) is 57.5 Å². The Labute approximate surface area is 107 Å². The van der Waals surface area contributed by atoms with Crippen LogP contribution < -0.4 is 5.59 Å². The minimum atomic E-state index is -0.786. The fraction of sp³-hybridized carbons (Fsp3) is 0.750. The molecule has 1 aliphatic carbocycles. The molecule has 1 aromatic rings. The summed E-state index contributed by atoms with van der Waals surface area (Å²) in [5.74, 6) is 0. The highest BCUT2D eigenvalue weighted by atomic mass is 19.1. The average molecular weight is 252 g/mol. The molecule has 0 unspecified atom stereocenters. The van der Waals surface area contributed by atoms with E-state index in [2.05, 4.69) is 5.10 Å². The van der Waals surface area contributed by atoms with Crippen LogP contribution in [0.3, 0.4) is 0 Å². The topological polar surface area (TPSA) is 36.3 Å². The predicted octanol–water partition coefficient (Wildman–Crippen LogP) is 1.47. The van der Waals surface area contributed by atoms with Crippen LogP contribution in [-0.4, -0.2) is 34.3 Å². The monoisotopic (exact) mass is 252 g/mol. The van der Waals surface area contributed by atoms with Crippen molar-refractivity contribution in [3.8, 4) is 0 Å². The molecule has 2 aliphatic rings. The third-order valence-corrected chi connectivity index (χ3v) is 4.19. The van der Waals surface area contributed by atoms with Gasteiger partial charge in [0.15, 0.2) is 0 Å². The minimum absolute atomic E-state index is 0.144. The molecule has 1 aromatic heterocycles. The first-order valence-corrected chi connectivity index (χ1v) is 6.35. The molecule has 1 aliphatic heterocycles. The zero-order chi connectivity index (χ0) is 13.1. The summed E-state index contributed by atoms with van der Waals surface area (Å²) < 4.78 is 26.8. The van der Waals surface area contributed by atoms with Crippen LogP contribution in [0.15, 0.2) is 12.3 Å². The maximum absolute atomic E-state index is 13.2. The predicted molar refractivity (Wildman–Crippen MR) is 66.5 cm³/mol. The van der Waals surface area contributed by atoms with Gasteiger partial charge in [0.2, 0.25) is 0 Å². The van der Waals surface area contributed by atoms with E-state index in [0.29, 0.717) is 6.42 Å². The smallest absolute Gasteiger partial charge is 0.398 e. The number of rotatable bonds is 2. The summed E-state index contributed by atoms with van der Waals surface area (Å²) in [6, 6.07) is 1.70. The molecule has 3 rings (SSSR count). The van der Waals surface area contributed by atoms with Crippen LogP contribution in [0.5, 0.6) is 0 Å². The fourth-order valence-corrected chi connectivity index (χ4v) is 2.16. The van der Waals surface area contributed by atoms with Gasteiger partial charge in [-0.15, -0.1) is 0 Å². The molecule has 0 bridgehead atoms. The number of nitrogens with zero attached hydrogens (tertiary/aromatic N) is 2. The first-order valence-electron chi connectivity index (χ1n) is 6.35. The molecule has 0 amide bonds. The van der Waals surface area contributed by atoms with Gasteiger partial charge in [0, 0.05) is 12.6 Å². The maximum Gasteiger partial charge on any atom is 0.514 e. The van der Waals surface area contributed by atoms with Crippen LogP contribution >= 0.6 is 0 Å². The van der Waals surface area contributed by atoms with Crippen molar-refractivity contribution in [3.05, 3.63) is 12.3 Å². The molecule has 2 atom stereocenters. The van der Waals surface area contributed by atoms with Gasteiger partial charge in [-0.3, -0.25) is 4.68 Å². The molecule has 6 heteroatoms. The van der Waals surface area contributed by atoms with E-state index in [9.17, 15) is 4.39 Å². The highest BCUT2D eigenvalue weighted by molar-refractivity contribution is 6.61. The summed E-state index contributed by atoms with van der Waals surface area (Å²) in [5.41, 5.74) is 0.0374. The molecule has 0 aromatic carbocycles. The first-order chi connectivity index (χ1) is 8.32. The van der Waals surface area contributed by atoms with Crippen molar-refractivity contribution in [1.29, 1.82) is 0 Å². The van der Waals surface area contributed by atoms with Gasteiger partial charge in [-0.1, -0.05) is 0 Å². The van der Waals surface area contributed by atoms with E-state index in [-0.39, 0.29) is 17.2 Å². The van der Waals surface area contributed by atoms with Crippen molar-refractivity contribution in [3.63, 3.8) is 0 Å². The molecule has 0 spiro atoms. The Balaban J connectivity index is 1.87. The largest absolute Gasteiger partial charge is 0.514 e. The van der Waals surface area contributed by atoms with Crippen LogP contribution in [-0.2, 0) is 9.31 Å². The highest BCUT2D eigenvalue weighted by Crippen LogP contribution is 2.39. The molecule has 0 N–H and O–H groups in total. The zero-order valence-corrected chi connectivity index (χ0v) is 11.2. The molecular weight excluding hydrogens is 234 g/mol. The van der Waals surface area contributed by atoms with Gasteiger partial charge < -0.3 is 9.31 Å². The summed E-state index contributed by atoms with van der Waals surface area (Å²) in [5, 5.41) is 4.19. The summed E-state index contributed by atoms with van der Waals surface area (Å²) in [7, 11) is -0.467. The van der Waals surface area contributed by atoms with Crippen molar-refractivity contribution in [1.82, 2.24) is 9.78 Å². The number of alkyl halides is 1. The third-order valence-electron chi connectivity index (χ3n) is 4.19. The second-order valence-corrected chi connectivity index (χ2v) is 6.11. The Kier molecular flexibility index (Phi) is 2.42. The normalized spacial score (nSPS) is 32.8. The quantitative estimate of drug-likeness (QED) is 0.748. The Morgan fingerprint density at radius 2 is 1.89 bits per heavy atom. The van der Waals surface area contributed by atoms with Gasteiger partial charge in [-0.2, -0.15) is 5.10 Å². The number of hydrogen-bond acceptors (Lipinski definition) is 3. The van der Waals surface area contributed by atoms with Crippen LogP contribution in [0.1, 0.15) is 40.2 Å². The standard InChI is InChI=1S/C12H18BFN2O2/c1-11(2)12(3,4)18-13(17-11)10-5-6-15-16(10)9-7-8(9)14/h5-6,8-9H,7H2,1-4H3/t8-,9+/m1/s1.